The molecule has 3 aromatic rings. The minimum atomic E-state index is 0.0688. The predicted molar refractivity (Wildman–Crippen MR) is 139 cm³/mol. The van der Waals surface area contributed by atoms with Gasteiger partial charge in [-0.1, -0.05) is 65.1 Å². The topological polar surface area (TPSA) is 45.2 Å². The highest BCUT2D eigenvalue weighted by Crippen LogP contribution is 2.35. The second-order valence-electron chi connectivity index (χ2n) is 8.71. The van der Waals surface area contributed by atoms with Crippen molar-refractivity contribution in [1.82, 2.24) is 15.2 Å². The largest absolute Gasteiger partial charge is 0.332 e. The molecule has 1 aliphatic heterocycles. The van der Waals surface area contributed by atoms with Crippen molar-refractivity contribution in [2.24, 2.45) is 0 Å². The van der Waals surface area contributed by atoms with E-state index in [2.05, 4.69) is 28.5 Å². The van der Waals surface area contributed by atoms with E-state index in [1.165, 1.54) is 0 Å². The lowest BCUT2D eigenvalue weighted by Gasteiger charge is -2.28. The van der Waals surface area contributed by atoms with Crippen LogP contribution in [-0.2, 0) is 11.3 Å². The molecule has 4 nitrogen and oxygen atoms in total. The first kappa shape index (κ1) is 23.4. The van der Waals surface area contributed by atoms with Crippen molar-refractivity contribution in [3.8, 4) is 11.1 Å². The van der Waals surface area contributed by atoms with Crippen molar-refractivity contribution in [1.29, 1.82) is 0 Å². The fourth-order valence-corrected chi connectivity index (χ4v) is 4.91. The second kappa shape index (κ2) is 10.1. The van der Waals surface area contributed by atoms with E-state index in [-0.39, 0.29) is 11.9 Å². The molecule has 0 spiro atoms. The standard InChI is InChI=1S/C27H24Cl3N3O/c28-24-6-2-5-20(26(24)30)16-33(21-8-9-21)27(34)23-15-31-12-11-22(23)18-4-1-3-17(13-18)19-7-10-25(29)32-14-19/h1-7,10,13-14,21,31H,8-9,11-12,15-16H2. The number of carbonyl (C=O) groups excluding carboxylic acids is 1. The van der Waals surface area contributed by atoms with Crippen LogP contribution in [0.4, 0.5) is 0 Å². The highest BCUT2D eigenvalue weighted by Gasteiger charge is 2.35. The number of hydrogen-bond donors (Lipinski definition) is 1. The predicted octanol–water partition coefficient (Wildman–Crippen LogP) is 6.65. The van der Waals surface area contributed by atoms with Crippen LogP contribution < -0.4 is 5.32 Å². The number of halogens is 3. The van der Waals surface area contributed by atoms with E-state index in [1.54, 1.807) is 18.3 Å². The number of nitrogens with zero attached hydrogens (tertiary/aromatic N) is 2. The van der Waals surface area contributed by atoms with Gasteiger partial charge in [-0.3, -0.25) is 4.79 Å². The molecule has 7 heteroatoms. The first-order chi connectivity index (χ1) is 16.5. The summed E-state index contributed by atoms with van der Waals surface area (Å²) in [6, 6.07) is 17.9. The second-order valence-corrected chi connectivity index (χ2v) is 9.88. The summed E-state index contributed by atoms with van der Waals surface area (Å²) < 4.78 is 0. The van der Waals surface area contributed by atoms with Crippen molar-refractivity contribution < 1.29 is 4.79 Å². The number of nitrogens with one attached hydrogen (secondary N) is 1. The smallest absolute Gasteiger partial charge is 0.251 e. The first-order valence-corrected chi connectivity index (χ1v) is 12.5. The highest BCUT2D eigenvalue weighted by atomic mass is 35.5. The Hall–Kier alpha value is -2.37. The van der Waals surface area contributed by atoms with Crippen molar-refractivity contribution in [3.05, 3.63) is 92.7 Å². The highest BCUT2D eigenvalue weighted by molar-refractivity contribution is 6.42. The maximum atomic E-state index is 13.9. The Kier molecular flexibility index (Phi) is 6.94. The average molecular weight is 513 g/mol. The van der Waals surface area contributed by atoms with Gasteiger partial charge < -0.3 is 10.2 Å². The number of aromatic nitrogens is 1. The van der Waals surface area contributed by atoms with Crippen molar-refractivity contribution in [3.63, 3.8) is 0 Å². The van der Waals surface area contributed by atoms with E-state index in [0.717, 1.165) is 59.2 Å². The van der Waals surface area contributed by atoms with Gasteiger partial charge in [0.15, 0.2) is 0 Å². The van der Waals surface area contributed by atoms with Crippen LogP contribution in [0.1, 0.15) is 30.4 Å². The molecule has 1 fully saturated rings. The van der Waals surface area contributed by atoms with Gasteiger partial charge in [-0.25, -0.2) is 4.98 Å². The van der Waals surface area contributed by atoms with Crippen LogP contribution in [0, 0.1) is 0 Å². The van der Waals surface area contributed by atoms with Crippen LogP contribution >= 0.6 is 34.8 Å². The van der Waals surface area contributed by atoms with Gasteiger partial charge in [0.25, 0.3) is 5.91 Å². The number of pyridine rings is 1. The van der Waals surface area contributed by atoms with Gasteiger partial charge in [0.1, 0.15) is 5.15 Å². The number of benzene rings is 2. The van der Waals surface area contributed by atoms with Crippen LogP contribution in [0.5, 0.6) is 0 Å². The molecule has 0 bridgehead atoms. The minimum absolute atomic E-state index is 0.0688. The SMILES string of the molecule is O=C(C1=C(c2cccc(-c3ccc(Cl)nc3)c2)CCNC1)N(Cc1cccc(Cl)c1Cl)C1CC1. The lowest BCUT2D eigenvalue weighted by Crippen LogP contribution is -2.39. The molecule has 0 unspecified atom stereocenters. The molecule has 2 aromatic carbocycles. The monoisotopic (exact) mass is 511 g/mol. The molecule has 1 amide bonds. The summed E-state index contributed by atoms with van der Waals surface area (Å²) in [4.78, 5) is 20.1. The van der Waals surface area contributed by atoms with Crippen LogP contribution in [0.3, 0.4) is 0 Å². The fourth-order valence-electron chi connectivity index (χ4n) is 4.42. The third kappa shape index (κ3) is 5.01. The Morgan fingerprint density at radius 2 is 1.79 bits per heavy atom. The third-order valence-electron chi connectivity index (χ3n) is 6.37. The van der Waals surface area contributed by atoms with Gasteiger partial charge in [-0.15, -0.1) is 0 Å². The van der Waals surface area contributed by atoms with E-state index in [4.69, 9.17) is 34.8 Å². The van der Waals surface area contributed by atoms with E-state index in [0.29, 0.717) is 28.3 Å². The van der Waals surface area contributed by atoms with E-state index in [9.17, 15) is 4.79 Å². The van der Waals surface area contributed by atoms with Crippen molar-refractivity contribution >= 4 is 46.3 Å². The van der Waals surface area contributed by atoms with Gasteiger partial charge in [0, 0.05) is 36.5 Å². The Labute approximate surface area is 214 Å². The molecule has 34 heavy (non-hydrogen) atoms. The summed E-state index contributed by atoms with van der Waals surface area (Å²) in [5, 5.41) is 4.88. The summed E-state index contributed by atoms with van der Waals surface area (Å²) in [5.41, 5.74) is 5.89. The third-order valence-corrected chi connectivity index (χ3v) is 7.45. The zero-order valence-corrected chi connectivity index (χ0v) is 20.8. The number of carbonyl (C=O) groups is 1. The summed E-state index contributed by atoms with van der Waals surface area (Å²) in [7, 11) is 0. The van der Waals surface area contributed by atoms with E-state index in [1.807, 2.05) is 29.2 Å². The van der Waals surface area contributed by atoms with Crippen LogP contribution in [0.2, 0.25) is 15.2 Å². The van der Waals surface area contributed by atoms with Crippen LogP contribution in [0.25, 0.3) is 16.7 Å². The molecule has 2 heterocycles. The molecular weight excluding hydrogens is 489 g/mol. The first-order valence-electron chi connectivity index (χ1n) is 11.4. The lowest BCUT2D eigenvalue weighted by atomic mass is 9.91. The molecule has 0 radical (unpaired) electrons. The molecular formula is C27H24Cl3N3O. The fraction of sp³-hybridized carbons (Fsp3) is 0.259. The zero-order chi connectivity index (χ0) is 23.7. The van der Waals surface area contributed by atoms with Gasteiger partial charge in [-0.2, -0.15) is 0 Å². The van der Waals surface area contributed by atoms with Gasteiger partial charge >= 0.3 is 0 Å². The molecule has 0 saturated heterocycles. The summed E-state index contributed by atoms with van der Waals surface area (Å²) in [5.74, 6) is 0.0688. The summed E-state index contributed by atoms with van der Waals surface area (Å²) in [6.45, 7) is 1.84. The Morgan fingerprint density at radius 1 is 1.00 bits per heavy atom. The quantitative estimate of drug-likeness (QED) is 0.376. The van der Waals surface area contributed by atoms with E-state index < -0.39 is 0 Å². The maximum Gasteiger partial charge on any atom is 0.251 e. The molecule has 1 saturated carbocycles. The van der Waals surface area contributed by atoms with Crippen LogP contribution in [0.15, 0.2) is 66.4 Å². The minimum Gasteiger partial charge on any atom is -0.332 e. The van der Waals surface area contributed by atoms with Crippen molar-refractivity contribution in [2.75, 3.05) is 13.1 Å². The summed E-state index contributed by atoms with van der Waals surface area (Å²) >= 11 is 18.6. The van der Waals surface area contributed by atoms with Gasteiger partial charge in [0.2, 0.25) is 0 Å². The Balaban J connectivity index is 1.49. The normalized spacial score (nSPS) is 16.0. The summed E-state index contributed by atoms with van der Waals surface area (Å²) in [6.07, 6.45) is 4.59. The van der Waals surface area contributed by atoms with E-state index >= 15 is 0 Å². The van der Waals surface area contributed by atoms with Gasteiger partial charge in [-0.05, 0) is 72.3 Å². The molecule has 0 atom stereocenters. The Morgan fingerprint density at radius 3 is 2.56 bits per heavy atom. The molecule has 1 aromatic heterocycles. The lowest BCUT2D eigenvalue weighted by molar-refractivity contribution is -0.128. The molecule has 2 aliphatic rings. The average Bonchev–Trinajstić information content (AvgIpc) is 3.70. The van der Waals surface area contributed by atoms with Gasteiger partial charge in [0.05, 0.1) is 10.0 Å². The molecule has 174 valence electrons. The molecule has 1 N–H and O–H groups in total. The number of hydrogen-bond acceptors (Lipinski definition) is 3. The zero-order valence-electron chi connectivity index (χ0n) is 18.5. The number of rotatable bonds is 6. The Bertz CT molecular complexity index is 1250. The molecule has 5 rings (SSSR count). The molecule has 1 aliphatic carbocycles. The maximum absolute atomic E-state index is 13.9. The number of amides is 1. The van der Waals surface area contributed by atoms with Crippen molar-refractivity contribution in [2.45, 2.75) is 31.8 Å². The van der Waals surface area contributed by atoms with Crippen LogP contribution in [-0.4, -0.2) is 34.9 Å².